The van der Waals surface area contributed by atoms with Gasteiger partial charge in [0.05, 0.1) is 7.11 Å². The third-order valence-corrected chi connectivity index (χ3v) is 5.52. The summed E-state index contributed by atoms with van der Waals surface area (Å²) in [5, 5.41) is 3.08. The molecule has 0 saturated carbocycles. The first-order valence-electron chi connectivity index (χ1n) is 11.8. The van der Waals surface area contributed by atoms with E-state index in [-0.39, 0.29) is 11.9 Å². The maximum absolute atomic E-state index is 12.3. The Labute approximate surface area is 193 Å². The molecule has 1 heterocycles. The second kappa shape index (κ2) is 15.0. The van der Waals surface area contributed by atoms with Crippen molar-refractivity contribution in [1.82, 2.24) is 10.3 Å². The molecular weight excluding hydrogens is 396 g/mol. The average molecular weight is 435 g/mol. The summed E-state index contributed by atoms with van der Waals surface area (Å²) in [6.07, 6.45) is 18.0. The molecule has 0 aliphatic heterocycles. The SMILES string of the molecule is CCCCCC(=CC=CC(=O)N[C@H](C)CCCCc1cccnc1)c1ccc(OC)cc1. The summed E-state index contributed by atoms with van der Waals surface area (Å²) in [7, 11) is 1.68. The van der Waals surface area contributed by atoms with Crippen molar-refractivity contribution in [2.75, 3.05) is 7.11 Å². The van der Waals surface area contributed by atoms with E-state index < -0.39 is 0 Å². The summed E-state index contributed by atoms with van der Waals surface area (Å²) >= 11 is 0. The highest BCUT2D eigenvalue weighted by molar-refractivity contribution is 5.88. The van der Waals surface area contributed by atoms with Crippen molar-refractivity contribution in [3.05, 3.63) is 78.1 Å². The number of hydrogen-bond donors (Lipinski definition) is 1. The summed E-state index contributed by atoms with van der Waals surface area (Å²) in [6, 6.07) is 12.4. The molecule has 1 aromatic heterocycles. The van der Waals surface area contributed by atoms with Gasteiger partial charge in [0.15, 0.2) is 0 Å². The van der Waals surface area contributed by atoms with Crippen molar-refractivity contribution >= 4 is 11.5 Å². The summed E-state index contributed by atoms with van der Waals surface area (Å²) < 4.78 is 5.27. The van der Waals surface area contributed by atoms with Crippen LogP contribution in [0.25, 0.3) is 5.57 Å². The Bertz CT molecular complexity index is 841. The fourth-order valence-electron chi connectivity index (χ4n) is 3.63. The van der Waals surface area contributed by atoms with Crippen LogP contribution in [0.3, 0.4) is 0 Å². The maximum atomic E-state index is 12.3. The lowest BCUT2D eigenvalue weighted by molar-refractivity contribution is -0.117. The number of unbranched alkanes of at least 4 members (excludes halogenated alkanes) is 3. The third-order valence-electron chi connectivity index (χ3n) is 5.52. The van der Waals surface area contributed by atoms with Gasteiger partial charge < -0.3 is 10.1 Å². The first-order chi connectivity index (χ1) is 15.6. The van der Waals surface area contributed by atoms with E-state index in [0.29, 0.717) is 0 Å². The Kier molecular flexibility index (Phi) is 11.9. The monoisotopic (exact) mass is 434 g/mol. The molecule has 0 aliphatic carbocycles. The van der Waals surface area contributed by atoms with Gasteiger partial charge in [-0.1, -0.05) is 56.5 Å². The zero-order chi connectivity index (χ0) is 23.0. The molecule has 1 amide bonds. The minimum absolute atomic E-state index is 0.0383. The van der Waals surface area contributed by atoms with Crippen LogP contribution in [-0.2, 0) is 11.2 Å². The predicted molar refractivity (Wildman–Crippen MR) is 134 cm³/mol. The van der Waals surface area contributed by atoms with Crippen LogP contribution in [-0.4, -0.2) is 24.0 Å². The van der Waals surface area contributed by atoms with Gasteiger partial charge in [-0.15, -0.1) is 0 Å². The zero-order valence-corrected chi connectivity index (χ0v) is 19.8. The van der Waals surface area contributed by atoms with Crippen molar-refractivity contribution in [2.24, 2.45) is 0 Å². The number of pyridine rings is 1. The normalized spacial score (nSPS) is 12.7. The van der Waals surface area contributed by atoms with E-state index >= 15 is 0 Å². The summed E-state index contributed by atoms with van der Waals surface area (Å²) in [6.45, 7) is 4.28. The van der Waals surface area contributed by atoms with Crippen molar-refractivity contribution in [2.45, 2.75) is 71.3 Å². The molecule has 1 N–H and O–H groups in total. The van der Waals surface area contributed by atoms with Crippen LogP contribution in [0.15, 0.2) is 67.0 Å². The minimum atomic E-state index is -0.0383. The van der Waals surface area contributed by atoms with Crippen molar-refractivity contribution < 1.29 is 9.53 Å². The molecule has 0 spiro atoms. The van der Waals surface area contributed by atoms with Crippen LogP contribution in [0.5, 0.6) is 5.75 Å². The molecular formula is C28H38N2O2. The fourth-order valence-corrected chi connectivity index (χ4v) is 3.63. The largest absolute Gasteiger partial charge is 0.497 e. The molecule has 2 aromatic rings. The lowest BCUT2D eigenvalue weighted by atomic mass is 9.99. The summed E-state index contributed by atoms with van der Waals surface area (Å²) in [4.78, 5) is 16.5. The summed E-state index contributed by atoms with van der Waals surface area (Å²) in [5.74, 6) is 0.814. The lowest BCUT2D eigenvalue weighted by Crippen LogP contribution is -2.30. The van der Waals surface area contributed by atoms with Gasteiger partial charge >= 0.3 is 0 Å². The van der Waals surface area contributed by atoms with Crippen molar-refractivity contribution in [3.8, 4) is 5.75 Å². The standard InChI is InChI=1S/C28H38N2O2/c1-4-5-6-14-25(26-17-19-27(32-3)20-18-26)15-9-16-28(31)30-23(2)11-7-8-12-24-13-10-21-29-22-24/h9-10,13,15-23H,4-8,11-12,14H2,1-3H3,(H,30,31)/t23-/m1/s1. The number of ether oxygens (including phenoxy) is 1. The number of amides is 1. The molecule has 0 saturated heterocycles. The number of allylic oxidation sites excluding steroid dienone is 3. The van der Waals surface area contributed by atoms with Gasteiger partial charge in [-0.3, -0.25) is 9.78 Å². The summed E-state index contributed by atoms with van der Waals surface area (Å²) in [5.41, 5.74) is 3.69. The van der Waals surface area contributed by atoms with Gasteiger partial charge in [0.1, 0.15) is 5.75 Å². The van der Waals surface area contributed by atoms with Crippen LogP contribution in [0, 0.1) is 0 Å². The number of aryl methyl sites for hydroxylation is 1. The van der Waals surface area contributed by atoms with E-state index in [9.17, 15) is 4.79 Å². The number of aromatic nitrogens is 1. The first kappa shape index (κ1) is 25.4. The minimum Gasteiger partial charge on any atom is -0.497 e. The van der Waals surface area contributed by atoms with E-state index in [1.54, 1.807) is 19.4 Å². The number of nitrogens with one attached hydrogen (secondary N) is 1. The molecule has 0 fully saturated rings. The number of hydrogen-bond acceptors (Lipinski definition) is 3. The van der Waals surface area contributed by atoms with Crippen molar-refractivity contribution in [1.29, 1.82) is 0 Å². The second-order valence-electron chi connectivity index (χ2n) is 8.25. The Hall–Kier alpha value is -2.88. The molecule has 0 radical (unpaired) electrons. The molecule has 172 valence electrons. The van der Waals surface area contributed by atoms with E-state index in [2.05, 4.69) is 48.4 Å². The van der Waals surface area contributed by atoms with Gasteiger partial charge in [-0.2, -0.15) is 0 Å². The quantitative estimate of drug-likeness (QED) is 0.209. The van der Waals surface area contributed by atoms with E-state index in [1.807, 2.05) is 30.5 Å². The first-order valence-corrected chi connectivity index (χ1v) is 11.8. The molecule has 4 heteroatoms. The number of methoxy groups -OCH3 is 1. The molecule has 0 bridgehead atoms. The van der Waals surface area contributed by atoms with Gasteiger partial charge in [0.2, 0.25) is 5.91 Å². The number of rotatable bonds is 14. The van der Waals surface area contributed by atoms with E-state index in [4.69, 9.17) is 4.74 Å². The van der Waals surface area contributed by atoms with Crippen LogP contribution in [0.2, 0.25) is 0 Å². The highest BCUT2D eigenvalue weighted by Crippen LogP contribution is 2.23. The predicted octanol–water partition coefficient (Wildman–Crippen LogP) is 6.53. The molecule has 0 aliphatic rings. The Morgan fingerprint density at radius 1 is 1.12 bits per heavy atom. The molecule has 32 heavy (non-hydrogen) atoms. The van der Waals surface area contributed by atoms with E-state index in [0.717, 1.165) is 44.3 Å². The smallest absolute Gasteiger partial charge is 0.244 e. The highest BCUT2D eigenvalue weighted by Gasteiger charge is 2.05. The van der Waals surface area contributed by atoms with E-state index in [1.165, 1.54) is 29.5 Å². The van der Waals surface area contributed by atoms with Gasteiger partial charge in [0, 0.05) is 24.5 Å². The second-order valence-corrected chi connectivity index (χ2v) is 8.25. The Morgan fingerprint density at radius 2 is 1.94 bits per heavy atom. The highest BCUT2D eigenvalue weighted by atomic mass is 16.5. The fraction of sp³-hybridized carbons (Fsp3) is 0.429. The number of nitrogens with zero attached hydrogens (tertiary/aromatic N) is 1. The average Bonchev–Trinajstić information content (AvgIpc) is 2.82. The molecule has 0 unspecified atom stereocenters. The van der Waals surface area contributed by atoms with Gasteiger partial charge in [-0.25, -0.2) is 0 Å². The third kappa shape index (κ3) is 9.95. The van der Waals surface area contributed by atoms with Gasteiger partial charge in [-0.05, 0) is 73.9 Å². The Balaban J connectivity index is 1.81. The number of carbonyl (C=O) groups is 1. The molecule has 2 rings (SSSR count). The molecule has 4 nitrogen and oxygen atoms in total. The number of benzene rings is 1. The maximum Gasteiger partial charge on any atom is 0.244 e. The van der Waals surface area contributed by atoms with Crippen LogP contribution >= 0.6 is 0 Å². The Morgan fingerprint density at radius 3 is 2.62 bits per heavy atom. The van der Waals surface area contributed by atoms with Crippen LogP contribution in [0.1, 0.15) is 69.9 Å². The molecule has 1 atom stereocenters. The lowest BCUT2D eigenvalue weighted by Gasteiger charge is -2.12. The van der Waals surface area contributed by atoms with Crippen LogP contribution < -0.4 is 10.1 Å². The van der Waals surface area contributed by atoms with Crippen molar-refractivity contribution in [3.63, 3.8) is 0 Å². The molecule has 1 aromatic carbocycles. The zero-order valence-electron chi connectivity index (χ0n) is 19.8. The van der Waals surface area contributed by atoms with Gasteiger partial charge in [0.25, 0.3) is 0 Å². The van der Waals surface area contributed by atoms with Crippen LogP contribution in [0.4, 0.5) is 0 Å². The number of carbonyl (C=O) groups excluding carboxylic acids is 1. The topological polar surface area (TPSA) is 51.2 Å².